The Morgan fingerprint density at radius 2 is 1.56 bits per heavy atom. The molecular formula is C14H28N2. The smallest absolute Gasteiger partial charge is 0.00915 e. The molecule has 0 atom stereocenters. The molecule has 0 bridgehead atoms. The van der Waals surface area contributed by atoms with Gasteiger partial charge in [0.2, 0.25) is 0 Å². The molecule has 2 fully saturated rings. The maximum Gasteiger partial charge on any atom is 0.00915 e. The van der Waals surface area contributed by atoms with Crippen LogP contribution < -0.4 is 5.32 Å². The van der Waals surface area contributed by atoms with Gasteiger partial charge < -0.3 is 10.2 Å². The van der Waals surface area contributed by atoms with Gasteiger partial charge in [-0.15, -0.1) is 0 Å². The average Bonchev–Trinajstić information content (AvgIpc) is 2.57. The van der Waals surface area contributed by atoms with Crippen LogP contribution in [0.25, 0.3) is 0 Å². The Labute approximate surface area is 101 Å². The molecule has 0 aromatic carbocycles. The lowest BCUT2D eigenvalue weighted by Gasteiger charge is -2.30. The molecule has 1 heterocycles. The molecule has 1 aliphatic heterocycles. The summed E-state index contributed by atoms with van der Waals surface area (Å²) in [5.74, 6) is 0.974. The number of nitrogens with one attached hydrogen (secondary N) is 1. The first-order chi connectivity index (χ1) is 7.84. The summed E-state index contributed by atoms with van der Waals surface area (Å²) >= 11 is 0. The molecule has 0 spiro atoms. The SMILES string of the molecule is CN1CCC(NCC2CCCCCC2)CC1. The van der Waals surface area contributed by atoms with Crippen LogP contribution >= 0.6 is 0 Å². The maximum atomic E-state index is 3.81. The number of piperidine rings is 1. The third-order valence-electron chi connectivity index (χ3n) is 4.39. The second-order valence-electron chi connectivity index (χ2n) is 5.84. The van der Waals surface area contributed by atoms with E-state index in [9.17, 15) is 0 Å². The number of hydrogen-bond donors (Lipinski definition) is 1. The Balaban J connectivity index is 1.62. The second kappa shape index (κ2) is 6.61. The van der Waals surface area contributed by atoms with E-state index in [4.69, 9.17) is 0 Å². The predicted octanol–water partition coefficient (Wildman–Crippen LogP) is 2.64. The summed E-state index contributed by atoms with van der Waals surface area (Å²) in [4.78, 5) is 2.45. The first kappa shape index (κ1) is 12.4. The molecule has 2 rings (SSSR count). The second-order valence-corrected chi connectivity index (χ2v) is 5.84. The fourth-order valence-corrected chi connectivity index (χ4v) is 3.11. The lowest BCUT2D eigenvalue weighted by molar-refractivity contribution is 0.227. The van der Waals surface area contributed by atoms with Gasteiger partial charge in [-0.1, -0.05) is 25.7 Å². The van der Waals surface area contributed by atoms with E-state index in [2.05, 4.69) is 17.3 Å². The lowest BCUT2D eigenvalue weighted by Crippen LogP contribution is -2.42. The highest BCUT2D eigenvalue weighted by Gasteiger charge is 2.18. The van der Waals surface area contributed by atoms with Gasteiger partial charge >= 0.3 is 0 Å². The van der Waals surface area contributed by atoms with Crippen LogP contribution in [0.15, 0.2) is 0 Å². The standard InChI is InChI=1S/C14H28N2/c1-16-10-8-14(9-11-16)15-12-13-6-4-2-3-5-7-13/h13-15H,2-12H2,1H3. The zero-order valence-corrected chi connectivity index (χ0v) is 10.9. The number of nitrogens with zero attached hydrogens (tertiary/aromatic N) is 1. The topological polar surface area (TPSA) is 15.3 Å². The van der Waals surface area contributed by atoms with E-state index >= 15 is 0 Å². The Morgan fingerprint density at radius 1 is 0.938 bits per heavy atom. The molecule has 1 saturated carbocycles. The molecule has 1 saturated heterocycles. The van der Waals surface area contributed by atoms with Gasteiger partial charge in [0.25, 0.3) is 0 Å². The number of rotatable bonds is 3. The van der Waals surface area contributed by atoms with Crippen molar-refractivity contribution in [2.45, 2.75) is 57.4 Å². The fraction of sp³-hybridized carbons (Fsp3) is 1.00. The third-order valence-corrected chi connectivity index (χ3v) is 4.39. The minimum Gasteiger partial charge on any atom is -0.314 e. The van der Waals surface area contributed by atoms with E-state index < -0.39 is 0 Å². The van der Waals surface area contributed by atoms with Gasteiger partial charge in [0.1, 0.15) is 0 Å². The molecule has 0 aromatic rings. The van der Waals surface area contributed by atoms with Crippen LogP contribution in [0.4, 0.5) is 0 Å². The monoisotopic (exact) mass is 224 g/mol. The van der Waals surface area contributed by atoms with Gasteiger partial charge in [-0.05, 0) is 58.3 Å². The summed E-state index contributed by atoms with van der Waals surface area (Å²) < 4.78 is 0. The van der Waals surface area contributed by atoms with Crippen molar-refractivity contribution in [2.24, 2.45) is 5.92 Å². The highest BCUT2D eigenvalue weighted by Crippen LogP contribution is 2.22. The average molecular weight is 224 g/mol. The first-order valence-electron chi connectivity index (χ1n) is 7.26. The van der Waals surface area contributed by atoms with Crippen molar-refractivity contribution < 1.29 is 0 Å². The van der Waals surface area contributed by atoms with Crippen LogP contribution in [0.5, 0.6) is 0 Å². The fourth-order valence-electron chi connectivity index (χ4n) is 3.11. The molecule has 0 radical (unpaired) electrons. The minimum atomic E-state index is 0.805. The summed E-state index contributed by atoms with van der Waals surface area (Å²) in [5, 5.41) is 3.81. The normalized spacial score (nSPS) is 26.8. The molecule has 16 heavy (non-hydrogen) atoms. The molecule has 0 aromatic heterocycles. The molecule has 1 N–H and O–H groups in total. The van der Waals surface area contributed by atoms with Crippen molar-refractivity contribution in [3.63, 3.8) is 0 Å². The zero-order valence-electron chi connectivity index (χ0n) is 10.9. The quantitative estimate of drug-likeness (QED) is 0.741. The molecule has 2 aliphatic rings. The van der Waals surface area contributed by atoms with Crippen LogP contribution in [0.1, 0.15) is 51.4 Å². The summed E-state index contributed by atoms with van der Waals surface area (Å²) in [5.41, 5.74) is 0. The van der Waals surface area contributed by atoms with E-state index in [-0.39, 0.29) is 0 Å². The summed E-state index contributed by atoms with van der Waals surface area (Å²) in [6, 6.07) is 0.805. The van der Waals surface area contributed by atoms with Gasteiger partial charge in [0, 0.05) is 6.04 Å². The van der Waals surface area contributed by atoms with Crippen molar-refractivity contribution in [3.8, 4) is 0 Å². The van der Waals surface area contributed by atoms with Gasteiger partial charge in [0.05, 0.1) is 0 Å². The third kappa shape index (κ3) is 4.06. The Hall–Kier alpha value is -0.0800. The highest BCUT2D eigenvalue weighted by atomic mass is 15.1. The van der Waals surface area contributed by atoms with Crippen molar-refractivity contribution in [3.05, 3.63) is 0 Å². The van der Waals surface area contributed by atoms with Crippen molar-refractivity contribution >= 4 is 0 Å². The highest BCUT2D eigenvalue weighted by molar-refractivity contribution is 4.77. The Bertz CT molecular complexity index is 177. The van der Waals surface area contributed by atoms with Crippen LogP contribution in [-0.2, 0) is 0 Å². The molecular weight excluding hydrogens is 196 g/mol. The van der Waals surface area contributed by atoms with Gasteiger partial charge in [-0.2, -0.15) is 0 Å². The molecule has 94 valence electrons. The number of likely N-dealkylation sites (tertiary alicyclic amines) is 1. The van der Waals surface area contributed by atoms with E-state index in [1.165, 1.54) is 71.0 Å². The zero-order chi connectivity index (χ0) is 11.2. The minimum absolute atomic E-state index is 0.805. The van der Waals surface area contributed by atoms with Crippen molar-refractivity contribution in [2.75, 3.05) is 26.7 Å². The van der Waals surface area contributed by atoms with Crippen molar-refractivity contribution in [1.82, 2.24) is 10.2 Å². The maximum absolute atomic E-state index is 3.81. The van der Waals surface area contributed by atoms with E-state index in [0.717, 1.165) is 12.0 Å². The molecule has 1 aliphatic carbocycles. The lowest BCUT2D eigenvalue weighted by atomic mass is 9.98. The molecule has 2 nitrogen and oxygen atoms in total. The van der Waals surface area contributed by atoms with Crippen molar-refractivity contribution in [1.29, 1.82) is 0 Å². The Kier molecular flexibility index (Phi) is 5.11. The van der Waals surface area contributed by atoms with Gasteiger partial charge in [-0.25, -0.2) is 0 Å². The van der Waals surface area contributed by atoms with E-state index in [0.29, 0.717) is 0 Å². The predicted molar refractivity (Wildman–Crippen MR) is 69.7 cm³/mol. The van der Waals surface area contributed by atoms with Crippen LogP contribution in [0.3, 0.4) is 0 Å². The summed E-state index contributed by atoms with van der Waals surface area (Å²) in [6.45, 7) is 3.85. The number of hydrogen-bond acceptors (Lipinski definition) is 2. The summed E-state index contributed by atoms with van der Waals surface area (Å²) in [6.07, 6.45) is 11.5. The van der Waals surface area contributed by atoms with E-state index in [1.807, 2.05) is 0 Å². The first-order valence-corrected chi connectivity index (χ1v) is 7.26. The van der Waals surface area contributed by atoms with Crippen LogP contribution in [-0.4, -0.2) is 37.6 Å². The van der Waals surface area contributed by atoms with Gasteiger partial charge in [0.15, 0.2) is 0 Å². The van der Waals surface area contributed by atoms with Gasteiger partial charge in [-0.3, -0.25) is 0 Å². The largest absolute Gasteiger partial charge is 0.314 e. The molecule has 0 amide bonds. The van der Waals surface area contributed by atoms with Crippen LogP contribution in [0.2, 0.25) is 0 Å². The summed E-state index contributed by atoms with van der Waals surface area (Å²) in [7, 11) is 2.24. The molecule has 0 unspecified atom stereocenters. The van der Waals surface area contributed by atoms with E-state index in [1.54, 1.807) is 0 Å². The molecule has 2 heteroatoms. The van der Waals surface area contributed by atoms with Crippen LogP contribution in [0, 0.1) is 5.92 Å². The Morgan fingerprint density at radius 3 is 2.19 bits per heavy atom.